The second-order valence-electron chi connectivity index (χ2n) is 4.54. The Morgan fingerprint density at radius 2 is 1.74 bits per heavy atom. The van der Waals surface area contributed by atoms with Crippen LogP contribution in [0.4, 0.5) is 13.2 Å². The number of amides is 1. The summed E-state index contributed by atoms with van der Waals surface area (Å²) in [6, 6.07) is -0.225. The molecule has 0 aromatic heterocycles. The quantitative estimate of drug-likeness (QED) is 0.815. The molecule has 8 heteroatoms. The largest absolute Gasteiger partial charge is 0.481 e. The van der Waals surface area contributed by atoms with Crippen LogP contribution in [0.15, 0.2) is 0 Å². The Morgan fingerprint density at radius 1 is 1.16 bits per heavy atom. The summed E-state index contributed by atoms with van der Waals surface area (Å²) in [6.07, 6.45) is -3.43. The minimum atomic E-state index is -4.15. The third kappa shape index (κ3) is 6.17. The van der Waals surface area contributed by atoms with Crippen molar-refractivity contribution in [1.82, 2.24) is 5.32 Å². The Balaban J connectivity index is 2.22. The molecule has 1 fully saturated rings. The van der Waals surface area contributed by atoms with E-state index in [-0.39, 0.29) is 36.3 Å². The molecule has 0 spiro atoms. The first kappa shape index (κ1) is 16.1. The van der Waals surface area contributed by atoms with Crippen LogP contribution in [0.25, 0.3) is 0 Å². The van der Waals surface area contributed by atoms with E-state index in [9.17, 15) is 22.8 Å². The Labute approximate surface area is 113 Å². The van der Waals surface area contributed by atoms with Gasteiger partial charge in [0.25, 0.3) is 0 Å². The molecule has 1 saturated carbocycles. The zero-order chi connectivity index (χ0) is 14.5. The molecule has 1 aliphatic carbocycles. The Morgan fingerprint density at radius 3 is 2.21 bits per heavy atom. The zero-order valence-corrected chi connectivity index (χ0v) is 11.0. The Bertz CT molecular complexity index is 328. The maximum Gasteiger partial charge on any atom is 0.391 e. The van der Waals surface area contributed by atoms with Gasteiger partial charge in [-0.25, -0.2) is 0 Å². The van der Waals surface area contributed by atoms with Crippen molar-refractivity contribution < 1.29 is 27.9 Å². The van der Waals surface area contributed by atoms with Gasteiger partial charge < -0.3 is 10.4 Å². The van der Waals surface area contributed by atoms with Gasteiger partial charge in [0, 0.05) is 6.04 Å². The molecule has 0 saturated heterocycles. The number of halogens is 3. The summed E-state index contributed by atoms with van der Waals surface area (Å²) >= 11 is 0.971. The van der Waals surface area contributed by atoms with Crippen molar-refractivity contribution in [2.45, 2.75) is 37.9 Å². The highest BCUT2D eigenvalue weighted by Crippen LogP contribution is 2.37. The number of hydrogen-bond acceptors (Lipinski definition) is 3. The van der Waals surface area contributed by atoms with Gasteiger partial charge in [-0.15, -0.1) is 11.8 Å². The summed E-state index contributed by atoms with van der Waals surface area (Å²) in [5.41, 5.74) is 0. The fourth-order valence-corrected chi connectivity index (χ4v) is 2.61. The third-order valence-corrected chi connectivity index (χ3v) is 3.93. The predicted octanol–water partition coefficient (Wildman–Crippen LogP) is 2.04. The van der Waals surface area contributed by atoms with Crippen molar-refractivity contribution in [2.75, 3.05) is 11.5 Å². The number of nitrogens with one attached hydrogen (secondary N) is 1. The maximum absolute atomic E-state index is 12.4. The molecule has 110 valence electrons. The Hall–Kier alpha value is -0.920. The molecule has 0 aliphatic heterocycles. The van der Waals surface area contributed by atoms with Crippen LogP contribution in [0.5, 0.6) is 0 Å². The van der Waals surface area contributed by atoms with Crippen LogP contribution in [0, 0.1) is 5.92 Å². The highest BCUT2D eigenvalue weighted by molar-refractivity contribution is 8.00. The normalized spacial score (nSPS) is 23.9. The van der Waals surface area contributed by atoms with Crippen molar-refractivity contribution in [3.63, 3.8) is 0 Å². The number of carbonyl (C=O) groups excluding carboxylic acids is 1. The first-order chi connectivity index (χ1) is 8.79. The van der Waals surface area contributed by atoms with Gasteiger partial charge in [0.05, 0.1) is 17.4 Å². The number of carbonyl (C=O) groups is 2. The maximum atomic E-state index is 12.4. The zero-order valence-electron chi connectivity index (χ0n) is 10.2. The molecule has 0 heterocycles. The molecule has 0 aromatic carbocycles. The van der Waals surface area contributed by atoms with Crippen molar-refractivity contribution >= 4 is 23.6 Å². The van der Waals surface area contributed by atoms with Crippen LogP contribution >= 0.6 is 11.8 Å². The van der Waals surface area contributed by atoms with Gasteiger partial charge in [0.1, 0.15) is 0 Å². The van der Waals surface area contributed by atoms with Crippen LogP contribution in [0.3, 0.4) is 0 Å². The Kier molecular flexibility index (Phi) is 5.96. The lowest BCUT2D eigenvalue weighted by Gasteiger charge is -2.30. The molecule has 1 aliphatic rings. The first-order valence-corrected chi connectivity index (χ1v) is 7.10. The summed E-state index contributed by atoms with van der Waals surface area (Å²) in [5.74, 6) is -2.72. The summed E-state index contributed by atoms with van der Waals surface area (Å²) in [4.78, 5) is 21.7. The fourth-order valence-electron chi connectivity index (χ4n) is 2.07. The van der Waals surface area contributed by atoms with Gasteiger partial charge in [-0.1, -0.05) is 0 Å². The molecule has 0 radical (unpaired) electrons. The molecular weight excluding hydrogens is 283 g/mol. The first-order valence-electron chi connectivity index (χ1n) is 5.94. The van der Waals surface area contributed by atoms with Crippen LogP contribution < -0.4 is 5.32 Å². The average Bonchev–Trinajstić information content (AvgIpc) is 2.27. The van der Waals surface area contributed by atoms with Crippen molar-refractivity contribution in [2.24, 2.45) is 5.92 Å². The summed E-state index contributed by atoms with van der Waals surface area (Å²) in [6.45, 7) is 0. The summed E-state index contributed by atoms with van der Waals surface area (Å²) < 4.78 is 37.3. The molecule has 0 unspecified atom stereocenters. The van der Waals surface area contributed by atoms with E-state index < -0.39 is 18.1 Å². The van der Waals surface area contributed by atoms with Crippen LogP contribution in [-0.4, -0.2) is 40.7 Å². The monoisotopic (exact) mass is 299 g/mol. The molecule has 0 aromatic rings. The third-order valence-electron chi connectivity index (χ3n) is 3.01. The number of aliphatic carboxylic acids is 1. The second-order valence-corrected chi connectivity index (χ2v) is 5.53. The van der Waals surface area contributed by atoms with Gasteiger partial charge in [0.2, 0.25) is 5.91 Å². The molecule has 0 bridgehead atoms. The SMILES string of the molecule is O=C(O)CSCC(=O)NC1CCC(C(F)(F)F)CC1. The standard InChI is InChI=1S/C11H16F3NO3S/c12-11(13,14)7-1-3-8(4-2-7)15-9(16)5-19-6-10(17)18/h7-8H,1-6H2,(H,15,16)(H,17,18). The topological polar surface area (TPSA) is 66.4 Å². The van der Waals surface area contributed by atoms with E-state index >= 15 is 0 Å². The van der Waals surface area contributed by atoms with E-state index in [4.69, 9.17) is 5.11 Å². The second kappa shape index (κ2) is 7.02. The van der Waals surface area contributed by atoms with Gasteiger partial charge in [0.15, 0.2) is 0 Å². The number of thioether (sulfide) groups is 1. The number of carboxylic acid groups (broad SMARTS) is 1. The lowest BCUT2D eigenvalue weighted by atomic mass is 9.85. The highest BCUT2D eigenvalue weighted by atomic mass is 32.2. The summed E-state index contributed by atoms with van der Waals surface area (Å²) in [7, 11) is 0. The van der Waals surface area contributed by atoms with Gasteiger partial charge in [-0.2, -0.15) is 13.2 Å². The minimum Gasteiger partial charge on any atom is -0.481 e. The predicted molar refractivity (Wildman–Crippen MR) is 64.9 cm³/mol. The molecule has 1 rings (SSSR count). The number of rotatable bonds is 5. The van der Waals surface area contributed by atoms with Crippen LogP contribution in [-0.2, 0) is 9.59 Å². The van der Waals surface area contributed by atoms with Crippen molar-refractivity contribution in [3.8, 4) is 0 Å². The van der Waals surface area contributed by atoms with Gasteiger partial charge >= 0.3 is 12.1 Å². The fraction of sp³-hybridized carbons (Fsp3) is 0.818. The molecule has 2 N–H and O–H groups in total. The van der Waals surface area contributed by atoms with E-state index in [2.05, 4.69) is 5.32 Å². The molecule has 19 heavy (non-hydrogen) atoms. The average molecular weight is 299 g/mol. The van der Waals surface area contributed by atoms with Crippen molar-refractivity contribution in [3.05, 3.63) is 0 Å². The van der Waals surface area contributed by atoms with Crippen molar-refractivity contribution in [1.29, 1.82) is 0 Å². The van der Waals surface area contributed by atoms with Crippen LogP contribution in [0.2, 0.25) is 0 Å². The van der Waals surface area contributed by atoms with E-state index in [1.54, 1.807) is 0 Å². The summed E-state index contributed by atoms with van der Waals surface area (Å²) in [5, 5.41) is 11.0. The number of carboxylic acids is 1. The molecule has 0 atom stereocenters. The van der Waals surface area contributed by atoms with Gasteiger partial charge in [-0.05, 0) is 25.7 Å². The van der Waals surface area contributed by atoms with E-state index in [0.29, 0.717) is 12.8 Å². The highest BCUT2D eigenvalue weighted by Gasteiger charge is 2.41. The van der Waals surface area contributed by atoms with Crippen LogP contribution in [0.1, 0.15) is 25.7 Å². The lowest BCUT2D eigenvalue weighted by molar-refractivity contribution is -0.182. The minimum absolute atomic E-state index is 0.0193. The molecule has 4 nitrogen and oxygen atoms in total. The number of alkyl halides is 3. The number of hydrogen-bond donors (Lipinski definition) is 2. The van der Waals surface area contributed by atoms with E-state index in [0.717, 1.165) is 11.8 Å². The van der Waals surface area contributed by atoms with E-state index in [1.165, 1.54) is 0 Å². The lowest BCUT2D eigenvalue weighted by Crippen LogP contribution is -2.40. The van der Waals surface area contributed by atoms with E-state index in [1.807, 2.05) is 0 Å². The smallest absolute Gasteiger partial charge is 0.391 e. The van der Waals surface area contributed by atoms with Gasteiger partial charge in [-0.3, -0.25) is 9.59 Å². The molecular formula is C11H16F3NO3S. The molecule has 1 amide bonds.